The van der Waals surface area contributed by atoms with Crippen LogP contribution in [-0.4, -0.2) is 4.98 Å². The van der Waals surface area contributed by atoms with Gasteiger partial charge in [-0.2, -0.15) is 0 Å². The first-order valence-electron chi connectivity index (χ1n) is 5.32. The van der Waals surface area contributed by atoms with Crippen LogP contribution in [0.4, 0.5) is 13.2 Å². The lowest BCUT2D eigenvalue weighted by molar-refractivity contribution is 0.438. The molecule has 0 amide bonds. The van der Waals surface area contributed by atoms with Crippen molar-refractivity contribution in [2.75, 3.05) is 0 Å². The largest absolute Gasteiger partial charge is 0.320 e. The Bertz CT molecular complexity index is 567. The number of nitrogens with zero attached hydrogens (tertiary/aromatic N) is 1. The van der Waals surface area contributed by atoms with Gasteiger partial charge in [0.25, 0.3) is 0 Å². The summed E-state index contributed by atoms with van der Waals surface area (Å²) < 4.78 is 39.5. The molecule has 0 aliphatic rings. The summed E-state index contributed by atoms with van der Waals surface area (Å²) in [6.07, 6.45) is 1.49. The minimum atomic E-state index is -1.51. The van der Waals surface area contributed by atoms with Gasteiger partial charge in [0.1, 0.15) is 0 Å². The maximum Gasteiger partial charge on any atom is 0.194 e. The van der Waals surface area contributed by atoms with Crippen LogP contribution in [0.1, 0.15) is 22.9 Å². The average Bonchev–Trinajstić information content (AvgIpc) is 2.36. The zero-order valence-electron chi connectivity index (χ0n) is 9.62. The molecule has 1 unspecified atom stereocenters. The van der Waals surface area contributed by atoms with Gasteiger partial charge in [-0.1, -0.05) is 12.1 Å². The second-order valence-corrected chi connectivity index (χ2v) is 3.98. The maximum absolute atomic E-state index is 13.6. The van der Waals surface area contributed by atoms with Crippen molar-refractivity contribution in [2.45, 2.75) is 13.0 Å². The molecule has 0 aliphatic heterocycles. The van der Waals surface area contributed by atoms with Crippen molar-refractivity contribution >= 4 is 0 Å². The normalized spacial score (nSPS) is 12.5. The van der Waals surface area contributed by atoms with E-state index in [2.05, 4.69) is 4.98 Å². The number of hydrogen-bond acceptors (Lipinski definition) is 2. The zero-order valence-corrected chi connectivity index (χ0v) is 9.62. The van der Waals surface area contributed by atoms with E-state index in [4.69, 9.17) is 5.73 Å². The fourth-order valence-corrected chi connectivity index (χ4v) is 1.62. The van der Waals surface area contributed by atoms with Crippen LogP contribution in [0, 0.1) is 24.4 Å². The molecule has 1 heterocycles. The molecule has 94 valence electrons. The first kappa shape index (κ1) is 12.6. The van der Waals surface area contributed by atoms with Gasteiger partial charge in [0.2, 0.25) is 0 Å². The Balaban J connectivity index is 2.43. The molecule has 5 heteroatoms. The standard InChI is InChI=1S/C13H11F3N2/c1-7-2-3-8(6-18-7)13(17)9-4-5-10(14)12(16)11(9)15/h2-6,13H,17H2,1H3. The number of halogens is 3. The molecule has 0 radical (unpaired) electrons. The fourth-order valence-electron chi connectivity index (χ4n) is 1.62. The lowest BCUT2D eigenvalue weighted by atomic mass is 10.00. The molecule has 2 aromatic rings. The predicted octanol–water partition coefficient (Wildman–Crippen LogP) is 2.86. The van der Waals surface area contributed by atoms with E-state index in [1.807, 2.05) is 0 Å². The lowest BCUT2D eigenvalue weighted by Crippen LogP contribution is -2.15. The van der Waals surface area contributed by atoms with Gasteiger partial charge in [-0.05, 0) is 24.6 Å². The Morgan fingerprint density at radius 2 is 1.78 bits per heavy atom. The first-order chi connectivity index (χ1) is 8.50. The van der Waals surface area contributed by atoms with E-state index in [-0.39, 0.29) is 5.56 Å². The van der Waals surface area contributed by atoms with E-state index in [0.29, 0.717) is 5.56 Å². The summed E-state index contributed by atoms with van der Waals surface area (Å²) in [6.45, 7) is 1.80. The topological polar surface area (TPSA) is 38.9 Å². The highest BCUT2D eigenvalue weighted by molar-refractivity contribution is 5.32. The highest BCUT2D eigenvalue weighted by atomic mass is 19.2. The Morgan fingerprint density at radius 1 is 1.06 bits per heavy atom. The van der Waals surface area contributed by atoms with Crippen LogP contribution in [0.3, 0.4) is 0 Å². The van der Waals surface area contributed by atoms with Gasteiger partial charge >= 0.3 is 0 Å². The van der Waals surface area contributed by atoms with Crippen LogP contribution in [0.5, 0.6) is 0 Å². The minimum absolute atomic E-state index is 0.0976. The van der Waals surface area contributed by atoms with Crippen molar-refractivity contribution in [2.24, 2.45) is 5.73 Å². The van der Waals surface area contributed by atoms with Crippen molar-refractivity contribution in [3.8, 4) is 0 Å². The van der Waals surface area contributed by atoms with E-state index in [1.165, 1.54) is 6.20 Å². The first-order valence-corrected chi connectivity index (χ1v) is 5.32. The Hall–Kier alpha value is -1.88. The number of pyridine rings is 1. The number of rotatable bonds is 2. The molecule has 2 nitrogen and oxygen atoms in total. The molecular formula is C13H11F3N2. The highest BCUT2D eigenvalue weighted by Crippen LogP contribution is 2.24. The third kappa shape index (κ3) is 2.22. The summed E-state index contributed by atoms with van der Waals surface area (Å²) in [7, 11) is 0. The molecule has 0 aliphatic carbocycles. The smallest absolute Gasteiger partial charge is 0.194 e. The summed E-state index contributed by atoms with van der Waals surface area (Å²) in [5.74, 6) is -4.00. The predicted molar refractivity (Wildman–Crippen MR) is 61.3 cm³/mol. The minimum Gasteiger partial charge on any atom is -0.320 e. The molecule has 18 heavy (non-hydrogen) atoms. The molecule has 2 rings (SSSR count). The van der Waals surface area contributed by atoms with E-state index >= 15 is 0 Å². The third-order valence-electron chi connectivity index (χ3n) is 2.69. The number of benzene rings is 1. The van der Waals surface area contributed by atoms with E-state index in [9.17, 15) is 13.2 Å². The molecule has 0 bridgehead atoms. The molecule has 1 aromatic heterocycles. The number of aromatic nitrogens is 1. The Morgan fingerprint density at radius 3 is 2.39 bits per heavy atom. The van der Waals surface area contributed by atoms with Crippen LogP contribution in [-0.2, 0) is 0 Å². The van der Waals surface area contributed by atoms with Crippen molar-refractivity contribution in [3.05, 3.63) is 64.7 Å². The monoisotopic (exact) mass is 252 g/mol. The van der Waals surface area contributed by atoms with E-state index in [1.54, 1.807) is 19.1 Å². The van der Waals surface area contributed by atoms with Gasteiger partial charge in [0, 0.05) is 17.5 Å². The molecule has 0 saturated heterocycles. The Labute approximate surface area is 102 Å². The van der Waals surface area contributed by atoms with Crippen LogP contribution in [0.25, 0.3) is 0 Å². The quantitative estimate of drug-likeness (QED) is 0.835. The number of aryl methyl sites for hydroxylation is 1. The SMILES string of the molecule is Cc1ccc(C(N)c2ccc(F)c(F)c2F)cn1. The van der Waals surface area contributed by atoms with Crippen molar-refractivity contribution in [1.29, 1.82) is 0 Å². The number of hydrogen-bond donors (Lipinski definition) is 1. The van der Waals surface area contributed by atoms with Gasteiger partial charge in [-0.25, -0.2) is 13.2 Å². The van der Waals surface area contributed by atoms with E-state index in [0.717, 1.165) is 17.8 Å². The maximum atomic E-state index is 13.6. The summed E-state index contributed by atoms with van der Waals surface area (Å²) in [5, 5.41) is 0. The fraction of sp³-hybridized carbons (Fsp3) is 0.154. The molecule has 1 atom stereocenters. The van der Waals surface area contributed by atoms with Gasteiger partial charge in [-0.15, -0.1) is 0 Å². The highest BCUT2D eigenvalue weighted by Gasteiger charge is 2.19. The van der Waals surface area contributed by atoms with Crippen LogP contribution >= 0.6 is 0 Å². The third-order valence-corrected chi connectivity index (χ3v) is 2.69. The van der Waals surface area contributed by atoms with Gasteiger partial charge in [0.05, 0.1) is 6.04 Å². The lowest BCUT2D eigenvalue weighted by Gasteiger charge is -2.13. The Kier molecular flexibility index (Phi) is 3.34. The zero-order chi connectivity index (χ0) is 13.3. The summed E-state index contributed by atoms with van der Waals surface area (Å²) >= 11 is 0. The van der Waals surface area contributed by atoms with Crippen LogP contribution in [0.15, 0.2) is 30.5 Å². The van der Waals surface area contributed by atoms with Crippen molar-refractivity contribution in [1.82, 2.24) is 4.98 Å². The molecule has 0 fully saturated rings. The second kappa shape index (κ2) is 4.78. The van der Waals surface area contributed by atoms with E-state index < -0.39 is 23.5 Å². The second-order valence-electron chi connectivity index (χ2n) is 3.98. The summed E-state index contributed by atoms with van der Waals surface area (Å²) in [6, 6.07) is 4.50. The van der Waals surface area contributed by atoms with Crippen LogP contribution in [0.2, 0.25) is 0 Å². The number of nitrogens with two attached hydrogens (primary N) is 1. The van der Waals surface area contributed by atoms with Gasteiger partial charge in [-0.3, -0.25) is 4.98 Å². The van der Waals surface area contributed by atoms with Crippen LogP contribution < -0.4 is 5.73 Å². The molecular weight excluding hydrogens is 241 g/mol. The molecule has 0 saturated carbocycles. The van der Waals surface area contributed by atoms with Crippen molar-refractivity contribution in [3.63, 3.8) is 0 Å². The molecule has 1 aromatic carbocycles. The van der Waals surface area contributed by atoms with Gasteiger partial charge in [0.15, 0.2) is 17.5 Å². The summed E-state index contributed by atoms with van der Waals surface area (Å²) in [4.78, 5) is 4.03. The summed E-state index contributed by atoms with van der Waals surface area (Å²) in [5.41, 5.74) is 7.04. The average molecular weight is 252 g/mol. The molecule has 0 spiro atoms. The van der Waals surface area contributed by atoms with Gasteiger partial charge < -0.3 is 5.73 Å². The molecule has 2 N–H and O–H groups in total. The van der Waals surface area contributed by atoms with Crippen molar-refractivity contribution < 1.29 is 13.2 Å².